The summed E-state index contributed by atoms with van der Waals surface area (Å²) in [5, 5.41) is 11.7. The maximum atomic E-state index is 12.7. The highest BCUT2D eigenvalue weighted by molar-refractivity contribution is 5.93. The van der Waals surface area contributed by atoms with Gasteiger partial charge in [-0.15, -0.1) is 10.2 Å². The Balaban J connectivity index is 1.47. The van der Waals surface area contributed by atoms with Gasteiger partial charge in [0.15, 0.2) is 0 Å². The van der Waals surface area contributed by atoms with Gasteiger partial charge in [-0.2, -0.15) is 5.10 Å². The molecule has 0 N–H and O–H groups in total. The van der Waals surface area contributed by atoms with Crippen LogP contribution < -0.4 is 0 Å². The number of amides is 1. The maximum absolute atomic E-state index is 12.7. The molecule has 0 atom stereocenters. The quantitative estimate of drug-likeness (QED) is 0.545. The minimum atomic E-state index is -0.0951. The fourth-order valence-corrected chi connectivity index (χ4v) is 2.77. The number of carbonyl (C=O) groups excluding carboxylic acids is 1. The van der Waals surface area contributed by atoms with Crippen molar-refractivity contribution in [2.75, 3.05) is 7.05 Å². The summed E-state index contributed by atoms with van der Waals surface area (Å²) in [6.07, 6.45) is 8.30. The van der Waals surface area contributed by atoms with E-state index < -0.39 is 0 Å². The van der Waals surface area contributed by atoms with Crippen LogP contribution in [0.25, 0.3) is 11.5 Å². The van der Waals surface area contributed by atoms with Gasteiger partial charge in [-0.05, 0) is 35.9 Å². The van der Waals surface area contributed by atoms with E-state index in [9.17, 15) is 4.79 Å². The summed E-state index contributed by atoms with van der Waals surface area (Å²) in [6.45, 7) is 0.487. The van der Waals surface area contributed by atoms with E-state index in [1.54, 1.807) is 58.4 Å². The second kappa shape index (κ2) is 7.20. The van der Waals surface area contributed by atoms with Gasteiger partial charge in [0.1, 0.15) is 18.5 Å². The van der Waals surface area contributed by atoms with Crippen LogP contribution in [0.5, 0.6) is 0 Å². The second-order valence-electron chi connectivity index (χ2n) is 6.06. The molecule has 27 heavy (non-hydrogen) atoms. The number of hydrogen-bond donors (Lipinski definition) is 0. The summed E-state index contributed by atoms with van der Waals surface area (Å²) >= 11 is 0. The van der Waals surface area contributed by atoms with Crippen molar-refractivity contribution in [3.05, 3.63) is 84.8 Å². The van der Waals surface area contributed by atoms with Crippen molar-refractivity contribution < 1.29 is 4.79 Å². The number of benzene rings is 1. The van der Waals surface area contributed by atoms with Gasteiger partial charge in [0.25, 0.3) is 5.91 Å². The first-order valence-corrected chi connectivity index (χ1v) is 8.36. The Morgan fingerprint density at radius 3 is 2.67 bits per heavy atom. The third-order valence-corrected chi connectivity index (χ3v) is 4.12. The molecule has 8 heteroatoms. The number of hydrogen-bond acceptors (Lipinski definition) is 5. The van der Waals surface area contributed by atoms with Crippen molar-refractivity contribution in [3.8, 4) is 11.5 Å². The molecule has 3 heterocycles. The number of carbonyl (C=O) groups is 1. The van der Waals surface area contributed by atoms with E-state index >= 15 is 0 Å². The Labute approximate surface area is 155 Å². The van der Waals surface area contributed by atoms with Crippen LogP contribution in [0.3, 0.4) is 0 Å². The molecule has 0 bridgehead atoms. The average Bonchev–Trinajstić information content (AvgIpc) is 3.42. The molecule has 134 valence electrons. The number of pyridine rings is 1. The van der Waals surface area contributed by atoms with Gasteiger partial charge in [0.2, 0.25) is 0 Å². The molecule has 4 rings (SSSR count). The van der Waals surface area contributed by atoms with Crippen LogP contribution in [-0.4, -0.2) is 47.4 Å². The molecule has 0 aliphatic heterocycles. The largest absolute Gasteiger partial charge is 0.337 e. The highest BCUT2D eigenvalue weighted by Crippen LogP contribution is 2.13. The molecular weight excluding hydrogens is 342 g/mol. The fourth-order valence-electron chi connectivity index (χ4n) is 2.77. The summed E-state index contributed by atoms with van der Waals surface area (Å²) < 4.78 is 3.47. The Morgan fingerprint density at radius 1 is 1.11 bits per heavy atom. The molecule has 4 aromatic rings. The number of aromatic nitrogens is 6. The highest BCUT2D eigenvalue weighted by Gasteiger charge is 2.13. The molecule has 0 spiro atoms. The molecule has 8 nitrogen and oxygen atoms in total. The van der Waals surface area contributed by atoms with Crippen molar-refractivity contribution in [1.29, 1.82) is 0 Å². The Kier molecular flexibility index (Phi) is 4.44. The van der Waals surface area contributed by atoms with Crippen LogP contribution in [-0.2, 0) is 6.54 Å². The van der Waals surface area contributed by atoms with Crippen molar-refractivity contribution in [2.45, 2.75) is 6.54 Å². The lowest BCUT2D eigenvalue weighted by molar-refractivity contribution is 0.0784. The lowest BCUT2D eigenvalue weighted by Crippen LogP contribution is -2.26. The fraction of sp³-hybridized carbons (Fsp3) is 0.105. The molecule has 0 fully saturated rings. The summed E-state index contributed by atoms with van der Waals surface area (Å²) in [5.41, 5.74) is 2.50. The minimum Gasteiger partial charge on any atom is -0.337 e. The second-order valence-corrected chi connectivity index (χ2v) is 6.06. The summed E-state index contributed by atoms with van der Waals surface area (Å²) in [5.74, 6) is 0.563. The third kappa shape index (κ3) is 3.59. The van der Waals surface area contributed by atoms with Crippen molar-refractivity contribution in [3.63, 3.8) is 0 Å². The Hall–Kier alpha value is -3.81. The number of nitrogens with zero attached hydrogens (tertiary/aromatic N) is 7. The zero-order valence-corrected chi connectivity index (χ0v) is 14.7. The van der Waals surface area contributed by atoms with Gasteiger partial charge in [0, 0.05) is 32.2 Å². The van der Waals surface area contributed by atoms with Crippen molar-refractivity contribution >= 4 is 5.91 Å². The highest BCUT2D eigenvalue weighted by atomic mass is 16.2. The Bertz CT molecular complexity index is 1020. The molecule has 3 aromatic heterocycles. The first kappa shape index (κ1) is 16.6. The Morgan fingerprint density at radius 2 is 1.96 bits per heavy atom. The average molecular weight is 359 g/mol. The molecular formula is C19H17N7O. The zero-order chi connectivity index (χ0) is 18.6. The van der Waals surface area contributed by atoms with E-state index in [0.717, 1.165) is 11.3 Å². The van der Waals surface area contributed by atoms with Gasteiger partial charge in [0.05, 0.1) is 11.3 Å². The molecule has 1 amide bonds. The van der Waals surface area contributed by atoms with Crippen LogP contribution in [0.4, 0.5) is 0 Å². The smallest absolute Gasteiger partial charge is 0.255 e. The minimum absolute atomic E-state index is 0.0951. The van der Waals surface area contributed by atoms with Crippen LogP contribution in [0.1, 0.15) is 15.9 Å². The van der Waals surface area contributed by atoms with Gasteiger partial charge < -0.3 is 4.90 Å². The van der Waals surface area contributed by atoms with E-state index in [1.165, 1.54) is 0 Å². The van der Waals surface area contributed by atoms with E-state index in [0.29, 0.717) is 17.9 Å². The van der Waals surface area contributed by atoms with E-state index in [1.807, 2.05) is 36.5 Å². The van der Waals surface area contributed by atoms with Gasteiger partial charge in [-0.1, -0.05) is 12.1 Å². The normalized spacial score (nSPS) is 10.7. The maximum Gasteiger partial charge on any atom is 0.255 e. The van der Waals surface area contributed by atoms with E-state index in [4.69, 9.17) is 0 Å². The standard InChI is InChI=1S/C19H17N7O/c1-24(12-15-4-2-5-17(10-15)26-9-3-8-23-26)19(27)16-6-7-18(20-11-16)25-13-21-22-14-25/h2-11,13-14H,12H2,1H3. The topological polar surface area (TPSA) is 81.7 Å². The molecule has 0 saturated carbocycles. The summed E-state index contributed by atoms with van der Waals surface area (Å²) in [7, 11) is 1.77. The first-order chi connectivity index (χ1) is 13.2. The lowest BCUT2D eigenvalue weighted by Gasteiger charge is -2.18. The van der Waals surface area contributed by atoms with Crippen LogP contribution in [0.2, 0.25) is 0 Å². The third-order valence-electron chi connectivity index (χ3n) is 4.12. The van der Waals surface area contributed by atoms with Gasteiger partial charge in [-0.3, -0.25) is 9.36 Å². The summed E-state index contributed by atoms with van der Waals surface area (Å²) in [6, 6.07) is 13.3. The molecule has 0 radical (unpaired) electrons. The monoisotopic (exact) mass is 359 g/mol. The van der Waals surface area contributed by atoms with Crippen LogP contribution >= 0.6 is 0 Å². The van der Waals surface area contributed by atoms with Crippen LogP contribution in [0, 0.1) is 0 Å². The molecule has 0 saturated heterocycles. The molecule has 0 aliphatic carbocycles. The molecule has 1 aromatic carbocycles. The van der Waals surface area contributed by atoms with Gasteiger partial charge >= 0.3 is 0 Å². The first-order valence-electron chi connectivity index (χ1n) is 8.36. The zero-order valence-electron chi connectivity index (χ0n) is 14.7. The lowest BCUT2D eigenvalue weighted by atomic mass is 10.1. The predicted molar refractivity (Wildman–Crippen MR) is 98.5 cm³/mol. The van der Waals surface area contributed by atoms with Gasteiger partial charge in [-0.25, -0.2) is 9.67 Å². The van der Waals surface area contributed by atoms with E-state index in [-0.39, 0.29) is 5.91 Å². The SMILES string of the molecule is CN(Cc1cccc(-n2cccn2)c1)C(=O)c1ccc(-n2cnnc2)nc1. The molecule has 0 unspecified atom stereocenters. The predicted octanol–water partition coefficient (Wildman–Crippen LogP) is 2.12. The van der Waals surface area contributed by atoms with Crippen molar-refractivity contribution in [2.24, 2.45) is 0 Å². The van der Waals surface area contributed by atoms with Crippen molar-refractivity contribution in [1.82, 2.24) is 34.4 Å². The molecule has 0 aliphatic rings. The van der Waals surface area contributed by atoms with Crippen LogP contribution in [0.15, 0.2) is 73.7 Å². The van der Waals surface area contributed by atoms with E-state index in [2.05, 4.69) is 20.3 Å². The summed E-state index contributed by atoms with van der Waals surface area (Å²) in [4.78, 5) is 18.7. The number of rotatable bonds is 5.